The van der Waals surface area contributed by atoms with Crippen LogP contribution in [0.4, 0.5) is 0 Å². The van der Waals surface area contributed by atoms with Crippen LogP contribution in [0.1, 0.15) is 31.9 Å². The van der Waals surface area contributed by atoms with Crippen LogP contribution in [0, 0.1) is 0 Å². The highest BCUT2D eigenvalue weighted by Gasteiger charge is 2.09. The van der Waals surface area contributed by atoms with Crippen LogP contribution in [0.2, 0.25) is 0 Å². The maximum atomic E-state index is 11.2. The summed E-state index contributed by atoms with van der Waals surface area (Å²) in [6, 6.07) is 7.25. The normalized spacial score (nSPS) is 12.1. The number of benzene rings is 1. The molecule has 0 saturated heterocycles. The van der Waals surface area contributed by atoms with Crippen LogP contribution in [0.3, 0.4) is 0 Å². The summed E-state index contributed by atoms with van der Waals surface area (Å²) in [6.45, 7) is 5.12. The maximum absolute atomic E-state index is 11.2. The molecule has 94 valence electrons. The summed E-state index contributed by atoms with van der Waals surface area (Å²) >= 11 is 0. The predicted octanol–water partition coefficient (Wildman–Crippen LogP) is 1.57. The Morgan fingerprint density at radius 3 is 2.76 bits per heavy atom. The minimum absolute atomic E-state index is 0.0330. The number of amides is 1. The molecule has 4 nitrogen and oxygen atoms in total. The van der Waals surface area contributed by atoms with Crippen molar-refractivity contribution in [2.45, 2.75) is 26.3 Å². The molecule has 4 heteroatoms. The number of hydrogen-bond donors (Lipinski definition) is 3. The fourth-order valence-electron chi connectivity index (χ4n) is 1.65. The van der Waals surface area contributed by atoms with Gasteiger partial charge in [-0.3, -0.25) is 4.79 Å². The number of nitrogens with one attached hydrogen (secondary N) is 2. The van der Waals surface area contributed by atoms with Gasteiger partial charge in [-0.1, -0.05) is 18.2 Å². The first-order valence-electron chi connectivity index (χ1n) is 5.93. The van der Waals surface area contributed by atoms with Crippen molar-refractivity contribution in [1.29, 1.82) is 0 Å². The topological polar surface area (TPSA) is 61.4 Å². The third kappa shape index (κ3) is 4.44. The molecule has 0 aliphatic carbocycles. The summed E-state index contributed by atoms with van der Waals surface area (Å²) in [4.78, 5) is 11.2. The van der Waals surface area contributed by atoms with Gasteiger partial charge < -0.3 is 15.7 Å². The number of hydrogen-bond acceptors (Lipinski definition) is 3. The zero-order chi connectivity index (χ0) is 12.7. The molecule has 1 unspecified atom stereocenters. The van der Waals surface area contributed by atoms with E-state index in [1.807, 2.05) is 26.0 Å². The third-order valence-electron chi connectivity index (χ3n) is 2.58. The Bertz CT molecular complexity index is 366. The van der Waals surface area contributed by atoms with Crippen molar-refractivity contribution in [3.63, 3.8) is 0 Å². The smallest absolute Gasteiger partial charge is 0.221 e. The van der Waals surface area contributed by atoms with Gasteiger partial charge in [-0.2, -0.15) is 0 Å². The Morgan fingerprint density at radius 1 is 1.41 bits per heavy atom. The standard InChI is InChI=1S/C13H20N2O2/c1-3-14-13(17)8-9-15-10(2)11-6-4-5-7-12(11)16/h4-7,10,15-16H,3,8-9H2,1-2H3,(H,14,17). The van der Waals surface area contributed by atoms with E-state index in [2.05, 4.69) is 10.6 Å². The van der Waals surface area contributed by atoms with Crippen LogP contribution in [-0.2, 0) is 4.79 Å². The second-order valence-corrected chi connectivity index (χ2v) is 3.94. The Labute approximate surface area is 102 Å². The monoisotopic (exact) mass is 236 g/mol. The molecule has 0 saturated carbocycles. The van der Waals surface area contributed by atoms with Crippen LogP contribution in [0.15, 0.2) is 24.3 Å². The number of rotatable bonds is 6. The second kappa shape index (κ2) is 6.91. The van der Waals surface area contributed by atoms with E-state index < -0.39 is 0 Å². The molecule has 1 atom stereocenters. The predicted molar refractivity (Wildman–Crippen MR) is 67.8 cm³/mol. The molecule has 0 heterocycles. The lowest BCUT2D eigenvalue weighted by Gasteiger charge is -2.15. The lowest BCUT2D eigenvalue weighted by Crippen LogP contribution is -2.28. The molecule has 1 amide bonds. The van der Waals surface area contributed by atoms with Crippen molar-refractivity contribution in [1.82, 2.24) is 10.6 Å². The molecule has 1 rings (SSSR count). The molecule has 0 fully saturated rings. The van der Waals surface area contributed by atoms with Crippen molar-refractivity contribution < 1.29 is 9.90 Å². The summed E-state index contributed by atoms with van der Waals surface area (Å²) in [5.74, 6) is 0.329. The molecular formula is C13H20N2O2. The molecule has 1 aromatic carbocycles. The summed E-state index contributed by atoms with van der Waals surface area (Å²) in [7, 11) is 0. The third-order valence-corrected chi connectivity index (χ3v) is 2.58. The average molecular weight is 236 g/mol. The number of aromatic hydroxyl groups is 1. The summed E-state index contributed by atoms with van der Waals surface area (Å²) in [6.07, 6.45) is 0.450. The number of phenolic OH excluding ortho intramolecular Hbond substituents is 1. The zero-order valence-corrected chi connectivity index (χ0v) is 10.4. The zero-order valence-electron chi connectivity index (χ0n) is 10.4. The van der Waals surface area contributed by atoms with E-state index in [-0.39, 0.29) is 17.7 Å². The first-order chi connectivity index (χ1) is 8.15. The average Bonchev–Trinajstić information content (AvgIpc) is 2.29. The van der Waals surface area contributed by atoms with Gasteiger partial charge in [0, 0.05) is 31.1 Å². The van der Waals surface area contributed by atoms with E-state index in [1.54, 1.807) is 12.1 Å². The van der Waals surface area contributed by atoms with Crippen LogP contribution >= 0.6 is 0 Å². The molecule has 0 aromatic heterocycles. The van der Waals surface area contributed by atoms with Crippen LogP contribution in [0.5, 0.6) is 5.75 Å². The number of carbonyl (C=O) groups excluding carboxylic acids is 1. The fourth-order valence-corrected chi connectivity index (χ4v) is 1.65. The highest BCUT2D eigenvalue weighted by atomic mass is 16.3. The van der Waals surface area contributed by atoms with Gasteiger partial charge in [0.15, 0.2) is 0 Å². The number of carbonyl (C=O) groups is 1. The van der Waals surface area contributed by atoms with Crippen LogP contribution in [-0.4, -0.2) is 24.1 Å². The quantitative estimate of drug-likeness (QED) is 0.702. The number of phenols is 1. The molecule has 3 N–H and O–H groups in total. The molecule has 0 bridgehead atoms. The highest BCUT2D eigenvalue weighted by molar-refractivity contribution is 5.75. The van der Waals surface area contributed by atoms with Gasteiger partial charge in [-0.25, -0.2) is 0 Å². The Hall–Kier alpha value is -1.55. The maximum Gasteiger partial charge on any atom is 0.221 e. The largest absolute Gasteiger partial charge is 0.508 e. The summed E-state index contributed by atoms with van der Waals surface area (Å²) in [5.41, 5.74) is 0.850. The van der Waals surface area contributed by atoms with Crippen molar-refractivity contribution >= 4 is 5.91 Å². The van der Waals surface area contributed by atoms with Gasteiger partial charge in [-0.05, 0) is 19.9 Å². The van der Waals surface area contributed by atoms with Crippen LogP contribution < -0.4 is 10.6 Å². The fraction of sp³-hybridized carbons (Fsp3) is 0.462. The minimum atomic E-state index is 0.0330. The van der Waals surface area contributed by atoms with Crippen molar-refractivity contribution in [2.24, 2.45) is 0 Å². The van der Waals surface area contributed by atoms with E-state index in [4.69, 9.17) is 0 Å². The van der Waals surface area contributed by atoms with Gasteiger partial charge in [0.2, 0.25) is 5.91 Å². The van der Waals surface area contributed by atoms with Gasteiger partial charge in [0.05, 0.1) is 0 Å². The molecule has 0 aliphatic rings. The minimum Gasteiger partial charge on any atom is -0.508 e. The molecular weight excluding hydrogens is 216 g/mol. The molecule has 0 spiro atoms. The van der Waals surface area contributed by atoms with Crippen molar-refractivity contribution in [3.05, 3.63) is 29.8 Å². The molecule has 0 radical (unpaired) electrons. The van der Waals surface area contributed by atoms with E-state index in [9.17, 15) is 9.90 Å². The molecule has 1 aromatic rings. The highest BCUT2D eigenvalue weighted by Crippen LogP contribution is 2.22. The lowest BCUT2D eigenvalue weighted by atomic mass is 10.1. The summed E-state index contributed by atoms with van der Waals surface area (Å²) in [5, 5.41) is 15.6. The van der Waals surface area contributed by atoms with Gasteiger partial charge in [-0.15, -0.1) is 0 Å². The van der Waals surface area contributed by atoms with Crippen molar-refractivity contribution in [3.8, 4) is 5.75 Å². The van der Waals surface area contributed by atoms with E-state index >= 15 is 0 Å². The molecule has 0 aliphatic heterocycles. The molecule has 17 heavy (non-hydrogen) atoms. The van der Waals surface area contributed by atoms with E-state index in [1.165, 1.54) is 0 Å². The van der Waals surface area contributed by atoms with Gasteiger partial charge >= 0.3 is 0 Å². The van der Waals surface area contributed by atoms with Crippen molar-refractivity contribution in [2.75, 3.05) is 13.1 Å². The first kappa shape index (κ1) is 13.5. The number of para-hydroxylation sites is 1. The lowest BCUT2D eigenvalue weighted by molar-refractivity contribution is -0.120. The Morgan fingerprint density at radius 2 is 2.12 bits per heavy atom. The van der Waals surface area contributed by atoms with E-state index in [0.29, 0.717) is 19.5 Å². The SMILES string of the molecule is CCNC(=O)CCNC(C)c1ccccc1O. The first-order valence-corrected chi connectivity index (χ1v) is 5.93. The Balaban J connectivity index is 2.38. The van der Waals surface area contributed by atoms with E-state index in [0.717, 1.165) is 5.56 Å². The second-order valence-electron chi connectivity index (χ2n) is 3.94. The van der Waals surface area contributed by atoms with Gasteiger partial charge in [0.25, 0.3) is 0 Å². The van der Waals surface area contributed by atoms with Crippen LogP contribution in [0.25, 0.3) is 0 Å². The summed E-state index contributed by atoms with van der Waals surface area (Å²) < 4.78 is 0. The Kier molecular flexibility index (Phi) is 5.49. The van der Waals surface area contributed by atoms with Gasteiger partial charge in [0.1, 0.15) is 5.75 Å².